The third-order valence-corrected chi connectivity index (χ3v) is 3.55. The van der Waals surface area contributed by atoms with Crippen LogP contribution in [0.2, 0.25) is 0 Å². The third-order valence-electron chi connectivity index (χ3n) is 3.55. The Bertz CT molecular complexity index is 128. The smallest absolute Gasteiger partial charge is 0.0462 e. The molecule has 0 spiro atoms. The number of aliphatic hydroxyl groups excluding tert-OH is 2. The number of rotatable bonds is 4. The highest BCUT2D eigenvalue weighted by Crippen LogP contribution is 2.29. The van der Waals surface area contributed by atoms with Gasteiger partial charge in [0.25, 0.3) is 0 Å². The van der Waals surface area contributed by atoms with Crippen LogP contribution in [0.1, 0.15) is 51.4 Å². The van der Waals surface area contributed by atoms with E-state index in [9.17, 15) is 5.11 Å². The van der Waals surface area contributed by atoms with Gasteiger partial charge >= 0.3 is 0 Å². The molecule has 0 radical (unpaired) electrons. The summed E-state index contributed by atoms with van der Waals surface area (Å²) in [5.41, 5.74) is 0. The molecule has 1 aliphatic rings. The van der Waals surface area contributed by atoms with Crippen molar-refractivity contribution in [2.24, 2.45) is 11.8 Å². The van der Waals surface area contributed by atoms with Crippen molar-refractivity contribution in [3.63, 3.8) is 0 Å². The highest BCUT2D eigenvalue weighted by atomic mass is 16.3. The van der Waals surface area contributed by atoms with E-state index in [1.54, 1.807) is 0 Å². The molecule has 0 saturated heterocycles. The summed E-state index contributed by atoms with van der Waals surface area (Å²) in [6, 6.07) is 0. The minimum atomic E-state index is 0.224. The molecule has 0 aromatic carbocycles. The van der Waals surface area contributed by atoms with Crippen LogP contribution in [0.25, 0.3) is 0 Å². The molecule has 0 bridgehead atoms. The number of hydrogen-bond acceptors (Lipinski definition) is 2. The Kier molecular flexibility index (Phi) is 6.20. The van der Waals surface area contributed by atoms with Gasteiger partial charge in [-0.25, -0.2) is 0 Å². The molecule has 0 unspecified atom stereocenters. The Labute approximate surface area is 87.3 Å². The molecule has 84 valence electrons. The van der Waals surface area contributed by atoms with Crippen LogP contribution in [0.4, 0.5) is 0 Å². The molecule has 2 nitrogen and oxygen atoms in total. The molecule has 2 heteroatoms. The zero-order chi connectivity index (χ0) is 10.2. The van der Waals surface area contributed by atoms with E-state index in [0.717, 1.165) is 6.42 Å². The van der Waals surface area contributed by atoms with Crippen LogP contribution in [0.3, 0.4) is 0 Å². The third kappa shape index (κ3) is 3.97. The maximum Gasteiger partial charge on any atom is 0.0462 e. The minimum absolute atomic E-state index is 0.224. The van der Waals surface area contributed by atoms with Crippen molar-refractivity contribution in [2.45, 2.75) is 51.4 Å². The summed E-state index contributed by atoms with van der Waals surface area (Å²) >= 11 is 0. The molecule has 14 heavy (non-hydrogen) atoms. The summed E-state index contributed by atoms with van der Waals surface area (Å²) in [5, 5.41) is 18.2. The second-order valence-corrected chi connectivity index (χ2v) is 4.56. The van der Waals surface area contributed by atoms with E-state index in [1.807, 2.05) is 0 Å². The maximum absolute atomic E-state index is 9.26. The molecule has 0 aromatic heterocycles. The van der Waals surface area contributed by atoms with Gasteiger partial charge in [0, 0.05) is 13.2 Å². The second-order valence-electron chi connectivity index (χ2n) is 4.56. The highest BCUT2D eigenvalue weighted by molar-refractivity contribution is 4.71. The van der Waals surface area contributed by atoms with Crippen LogP contribution < -0.4 is 0 Å². The maximum atomic E-state index is 9.26. The monoisotopic (exact) mass is 200 g/mol. The van der Waals surface area contributed by atoms with Gasteiger partial charge in [-0.1, -0.05) is 44.9 Å². The Morgan fingerprint density at radius 2 is 1.50 bits per heavy atom. The van der Waals surface area contributed by atoms with E-state index in [1.165, 1.54) is 44.9 Å². The van der Waals surface area contributed by atoms with Crippen LogP contribution in [-0.2, 0) is 0 Å². The zero-order valence-corrected chi connectivity index (χ0v) is 9.12. The molecule has 0 heterocycles. The van der Waals surface area contributed by atoms with E-state index in [4.69, 9.17) is 5.11 Å². The van der Waals surface area contributed by atoms with Crippen molar-refractivity contribution >= 4 is 0 Å². The Balaban J connectivity index is 2.35. The van der Waals surface area contributed by atoms with Crippen LogP contribution in [-0.4, -0.2) is 23.4 Å². The van der Waals surface area contributed by atoms with Gasteiger partial charge in [0.1, 0.15) is 0 Å². The largest absolute Gasteiger partial charge is 0.396 e. The summed E-state index contributed by atoms with van der Waals surface area (Å²) in [6.07, 6.45) is 10.0. The molecule has 1 atom stereocenters. The van der Waals surface area contributed by atoms with E-state index < -0.39 is 0 Å². The van der Waals surface area contributed by atoms with E-state index in [-0.39, 0.29) is 13.2 Å². The lowest BCUT2D eigenvalue weighted by atomic mass is 9.81. The Hall–Kier alpha value is -0.0800. The molecule has 2 N–H and O–H groups in total. The fraction of sp³-hybridized carbons (Fsp3) is 1.00. The fourth-order valence-electron chi connectivity index (χ4n) is 2.60. The molecular weight excluding hydrogens is 176 g/mol. The summed E-state index contributed by atoms with van der Waals surface area (Å²) in [6.45, 7) is 0.479. The lowest BCUT2D eigenvalue weighted by Crippen LogP contribution is -2.21. The van der Waals surface area contributed by atoms with E-state index >= 15 is 0 Å². The quantitative estimate of drug-likeness (QED) is 0.731. The SMILES string of the molecule is OCC[C@@H](CO)C1CCCCCCC1. The Morgan fingerprint density at radius 3 is 2.00 bits per heavy atom. The molecular formula is C12H24O2. The second kappa shape index (κ2) is 7.24. The molecule has 0 aromatic rings. The average Bonchev–Trinajstić information content (AvgIpc) is 2.15. The van der Waals surface area contributed by atoms with Gasteiger partial charge < -0.3 is 10.2 Å². The number of aliphatic hydroxyl groups is 2. The zero-order valence-electron chi connectivity index (χ0n) is 9.12. The summed E-state index contributed by atoms with van der Waals surface area (Å²) in [5.74, 6) is 1.01. The molecule has 1 aliphatic carbocycles. The van der Waals surface area contributed by atoms with Gasteiger partial charge in [-0.05, 0) is 18.3 Å². The van der Waals surface area contributed by atoms with E-state index in [2.05, 4.69) is 0 Å². The van der Waals surface area contributed by atoms with Gasteiger partial charge in [-0.15, -0.1) is 0 Å². The van der Waals surface area contributed by atoms with Crippen molar-refractivity contribution in [3.8, 4) is 0 Å². The van der Waals surface area contributed by atoms with Crippen LogP contribution in [0.5, 0.6) is 0 Å². The average molecular weight is 200 g/mol. The molecule has 0 amide bonds. The summed E-state index contributed by atoms with van der Waals surface area (Å²) < 4.78 is 0. The van der Waals surface area contributed by atoms with Crippen molar-refractivity contribution < 1.29 is 10.2 Å². The summed E-state index contributed by atoms with van der Waals surface area (Å²) in [4.78, 5) is 0. The van der Waals surface area contributed by atoms with Gasteiger partial charge in [-0.3, -0.25) is 0 Å². The van der Waals surface area contributed by atoms with Crippen LogP contribution in [0, 0.1) is 11.8 Å². The fourth-order valence-corrected chi connectivity index (χ4v) is 2.60. The molecule has 1 fully saturated rings. The first kappa shape index (κ1) is 12.0. The van der Waals surface area contributed by atoms with Crippen molar-refractivity contribution in [2.75, 3.05) is 13.2 Å². The van der Waals surface area contributed by atoms with Crippen molar-refractivity contribution in [3.05, 3.63) is 0 Å². The van der Waals surface area contributed by atoms with Gasteiger partial charge in [-0.2, -0.15) is 0 Å². The minimum Gasteiger partial charge on any atom is -0.396 e. The lowest BCUT2D eigenvalue weighted by molar-refractivity contribution is 0.124. The van der Waals surface area contributed by atoms with E-state index in [0.29, 0.717) is 11.8 Å². The normalized spacial score (nSPS) is 22.7. The van der Waals surface area contributed by atoms with Gasteiger partial charge in [0.2, 0.25) is 0 Å². The number of hydrogen-bond donors (Lipinski definition) is 2. The predicted octanol–water partition coefficient (Wildman–Crippen LogP) is 2.34. The predicted molar refractivity (Wildman–Crippen MR) is 58.1 cm³/mol. The first-order valence-electron chi connectivity index (χ1n) is 6.10. The van der Waals surface area contributed by atoms with Crippen LogP contribution in [0.15, 0.2) is 0 Å². The Morgan fingerprint density at radius 1 is 0.929 bits per heavy atom. The first-order valence-corrected chi connectivity index (χ1v) is 6.10. The highest BCUT2D eigenvalue weighted by Gasteiger charge is 2.20. The van der Waals surface area contributed by atoms with Gasteiger partial charge in [0.05, 0.1) is 0 Å². The van der Waals surface area contributed by atoms with Crippen molar-refractivity contribution in [1.29, 1.82) is 0 Å². The topological polar surface area (TPSA) is 40.5 Å². The van der Waals surface area contributed by atoms with Crippen molar-refractivity contribution in [1.82, 2.24) is 0 Å². The standard InChI is InChI=1S/C12H24O2/c13-9-8-12(10-14)11-6-4-2-1-3-5-7-11/h11-14H,1-10H2/t12-/m0/s1. The molecule has 0 aliphatic heterocycles. The first-order chi connectivity index (χ1) is 6.88. The molecule has 1 rings (SSSR count). The molecule has 1 saturated carbocycles. The van der Waals surface area contributed by atoms with Crippen LogP contribution >= 0.6 is 0 Å². The van der Waals surface area contributed by atoms with Gasteiger partial charge in [0.15, 0.2) is 0 Å². The lowest BCUT2D eigenvalue weighted by Gasteiger charge is -2.26. The summed E-state index contributed by atoms with van der Waals surface area (Å²) in [7, 11) is 0.